The first-order chi connectivity index (χ1) is 17.0. The molecule has 0 bridgehead atoms. The number of fused-ring (bicyclic) bond motifs is 1. The summed E-state index contributed by atoms with van der Waals surface area (Å²) in [7, 11) is 3.71. The molecule has 3 heterocycles. The Kier molecular flexibility index (Phi) is 6.48. The van der Waals surface area contributed by atoms with Crippen LogP contribution in [0.5, 0.6) is 5.75 Å². The molecule has 1 aliphatic rings. The summed E-state index contributed by atoms with van der Waals surface area (Å²) in [6.07, 6.45) is 2.31. The van der Waals surface area contributed by atoms with Crippen LogP contribution in [0.15, 0.2) is 60.8 Å². The number of pyridine rings is 1. The van der Waals surface area contributed by atoms with Crippen LogP contribution >= 0.6 is 0 Å². The van der Waals surface area contributed by atoms with Crippen molar-refractivity contribution in [2.24, 2.45) is 0 Å². The van der Waals surface area contributed by atoms with Gasteiger partial charge in [-0.05, 0) is 68.4 Å². The summed E-state index contributed by atoms with van der Waals surface area (Å²) in [4.78, 5) is 19.5. The van der Waals surface area contributed by atoms with Crippen molar-refractivity contribution in [1.29, 1.82) is 0 Å². The first-order valence-electron chi connectivity index (χ1n) is 11.8. The third-order valence-corrected chi connectivity index (χ3v) is 6.63. The number of aromatic amines is 1. The molecule has 180 valence electrons. The van der Waals surface area contributed by atoms with Gasteiger partial charge < -0.3 is 20.1 Å². The summed E-state index contributed by atoms with van der Waals surface area (Å²) < 4.78 is 5.51. The minimum Gasteiger partial charge on any atom is -0.496 e. The zero-order valence-electron chi connectivity index (χ0n) is 19.9. The van der Waals surface area contributed by atoms with Crippen molar-refractivity contribution in [2.75, 3.05) is 27.2 Å². The topological polar surface area (TPSA) is 103 Å². The number of likely N-dealkylation sites (tertiary alicyclic amines) is 1. The fourth-order valence-electron chi connectivity index (χ4n) is 4.58. The number of nitrogens with one attached hydrogen (secondary N) is 2. The van der Waals surface area contributed by atoms with Crippen molar-refractivity contribution >= 4 is 16.9 Å². The van der Waals surface area contributed by atoms with Gasteiger partial charge in [0.1, 0.15) is 11.4 Å². The molecule has 1 fully saturated rings. The molecule has 1 amide bonds. The summed E-state index contributed by atoms with van der Waals surface area (Å²) in [5.74, 6) is 0.366. The Labute approximate surface area is 204 Å². The molecule has 1 saturated heterocycles. The molecule has 0 radical (unpaired) electrons. The number of methoxy groups -OCH3 is 1. The molecule has 0 saturated carbocycles. The molecular formula is C27H29N5O3. The SMILES string of the molecule is COc1ccccc1-c1n[nH]c2ncc(-c3cccc(C(O)C(=O)NC4CCN(C)CC4)c3)cc12. The lowest BCUT2D eigenvalue weighted by Crippen LogP contribution is -2.44. The highest BCUT2D eigenvalue weighted by molar-refractivity contribution is 5.94. The summed E-state index contributed by atoms with van der Waals surface area (Å²) in [5.41, 5.74) is 4.55. The summed E-state index contributed by atoms with van der Waals surface area (Å²) >= 11 is 0. The quantitative estimate of drug-likeness (QED) is 0.397. The Morgan fingerprint density at radius 2 is 1.94 bits per heavy atom. The van der Waals surface area contributed by atoms with Crippen molar-refractivity contribution in [1.82, 2.24) is 25.4 Å². The number of carbonyl (C=O) groups is 1. The van der Waals surface area contributed by atoms with Crippen LogP contribution in [0.4, 0.5) is 0 Å². The Balaban J connectivity index is 1.41. The average Bonchev–Trinajstić information content (AvgIpc) is 3.32. The molecule has 1 atom stereocenters. The van der Waals surface area contributed by atoms with Crippen LogP contribution in [0.2, 0.25) is 0 Å². The highest BCUT2D eigenvalue weighted by Crippen LogP contribution is 2.34. The number of rotatable bonds is 6. The van der Waals surface area contributed by atoms with Gasteiger partial charge in [-0.2, -0.15) is 5.10 Å². The number of aliphatic hydroxyl groups excluding tert-OH is 1. The van der Waals surface area contributed by atoms with Crippen molar-refractivity contribution in [3.05, 3.63) is 66.4 Å². The molecule has 8 heteroatoms. The van der Waals surface area contributed by atoms with E-state index in [1.807, 2.05) is 48.5 Å². The zero-order chi connectivity index (χ0) is 24.4. The van der Waals surface area contributed by atoms with Crippen molar-refractivity contribution in [2.45, 2.75) is 25.0 Å². The predicted molar refractivity (Wildman–Crippen MR) is 135 cm³/mol. The van der Waals surface area contributed by atoms with E-state index in [0.717, 1.165) is 59.5 Å². The number of ether oxygens (including phenoxy) is 1. The third-order valence-electron chi connectivity index (χ3n) is 6.63. The average molecular weight is 472 g/mol. The van der Waals surface area contributed by atoms with Gasteiger partial charge in [0.15, 0.2) is 11.8 Å². The smallest absolute Gasteiger partial charge is 0.253 e. The van der Waals surface area contributed by atoms with E-state index >= 15 is 0 Å². The number of carbonyl (C=O) groups excluding carboxylic acids is 1. The van der Waals surface area contributed by atoms with E-state index in [0.29, 0.717) is 11.2 Å². The standard InChI is InChI=1S/C27H29N5O3/c1-32-12-10-20(11-13-32)29-27(34)25(33)18-7-5-6-17(14-18)19-15-22-24(30-31-26(22)28-16-19)21-8-3-4-9-23(21)35-2/h3-9,14-16,20,25,33H,10-13H2,1-2H3,(H,29,34)(H,28,30,31). The van der Waals surface area contributed by atoms with Gasteiger partial charge in [0.2, 0.25) is 0 Å². The Hall–Kier alpha value is -3.75. The molecule has 5 rings (SSSR count). The van der Waals surface area contributed by atoms with Gasteiger partial charge >= 0.3 is 0 Å². The number of hydrogen-bond acceptors (Lipinski definition) is 6. The number of nitrogens with zero attached hydrogens (tertiary/aromatic N) is 3. The number of benzene rings is 2. The summed E-state index contributed by atoms with van der Waals surface area (Å²) in [6, 6.07) is 17.2. The van der Waals surface area contributed by atoms with Gasteiger partial charge in [0.05, 0.1) is 7.11 Å². The van der Waals surface area contributed by atoms with Crippen LogP contribution in [-0.2, 0) is 4.79 Å². The summed E-state index contributed by atoms with van der Waals surface area (Å²) in [5, 5.41) is 22.1. The molecule has 35 heavy (non-hydrogen) atoms. The molecule has 3 N–H and O–H groups in total. The highest BCUT2D eigenvalue weighted by Gasteiger charge is 2.24. The maximum atomic E-state index is 12.7. The normalized spacial score (nSPS) is 15.7. The minimum absolute atomic E-state index is 0.0950. The van der Waals surface area contributed by atoms with Crippen LogP contribution in [0.3, 0.4) is 0 Å². The molecule has 4 aromatic rings. The first-order valence-corrected chi connectivity index (χ1v) is 11.8. The maximum Gasteiger partial charge on any atom is 0.253 e. The molecular weight excluding hydrogens is 442 g/mol. The molecule has 1 unspecified atom stereocenters. The largest absolute Gasteiger partial charge is 0.496 e. The molecule has 2 aromatic carbocycles. The van der Waals surface area contributed by atoms with Crippen molar-refractivity contribution < 1.29 is 14.6 Å². The van der Waals surface area contributed by atoms with E-state index in [4.69, 9.17) is 4.74 Å². The number of aromatic nitrogens is 3. The molecule has 0 aliphatic carbocycles. The van der Waals surface area contributed by atoms with E-state index in [2.05, 4.69) is 32.4 Å². The minimum atomic E-state index is -1.23. The lowest BCUT2D eigenvalue weighted by atomic mass is 9.99. The van der Waals surface area contributed by atoms with Gasteiger partial charge in [0.25, 0.3) is 5.91 Å². The first kappa shape index (κ1) is 23.0. The van der Waals surface area contributed by atoms with Crippen LogP contribution in [-0.4, -0.2) is 64.4 Å². The number of H-pyrrole nitrogens is 1. The second kappa shape index (κ2) is 9.85. The Bertz CT molecular complexity index is 1340. The molecule has 2 aromatic heterocycles. The van der Waals surface area contributed by atoms with Crippen molar-refractivity contribution in [3.63, 3.8) is 0 Å². The fourth-order valence-corrected chi connectivity index (χ4v) is 4.58. The number of aliphatic hydroxyl groups is 1. The Morgan fingerprint density at radius 1 is 1.14 bits per heavy atom. The number of amides is 1. The van der Waals surface area contributed by atoms with Crippen LogP contribution < -0.4 is 10.1 Å². The predicted octanol–water partition coefficient (Wildman–Crippen LogP) is 3.54. The second-order valence-electron chi connectivity index (χ2n) is 9.01. The van der Waals surface area contributed by atoms with Crippen LogP contribution in [0.1, 0.15) is 24.5 Å². The zero-order valence-corrected chi connectivity index (χ0v) is 19.9. The Morgan fingerprint density at radius 3 is 2.74 bits per heavy atom. The molecule has 8 nitrogen and oxygen atoms in total. The van der Waals surface area contributed by atoms with E-state index in [9.17, 15) is 9.90 Å². The monoisotopic (exact) mass is 471 g/mol. The van der Waals surface area contributed by atoms with Gasteiger partial charge in [-0.1, -0.05) is 30.3 Å². The lowest BCUT2D eigenvalue weighted by molar-refractivity contribution is -0.130. The number of para-hydroxylation sites is 1. The van der Waals surface area contributed by atoms with E-state index in [-0.39, 0.29) is 11.9 Å². The lowest BCUT2D eigenvalue weighted by Gasteiger charge is -2.30. The highest BCUT2D eigenvalue weighted by atomic mass is 16.5. The van der Waals surface area contributed by atoms with Crippen molar-refractivity contribution in [3.8, 4) is 28.1 Å². The number of piperidine rings is 1. The second-order valence-corrected chi connectivity index (χ2v) is 9.01. The molecule has 0 spiro atoms. The van der Waals surface area contributed by atoms with Gasteiger partial charge in [0, 0.05) is 28.8 Å². The molecule has 1 aliphatic heterocycles. The third kappa shape index (κ3) is 4.76. The van der Waals surface area contributed by atoms with Gasteiger partial charge in [-0.3, -0.25) is 9.89 Å². The fraction of sp³-hybridized carbons (Fsp3) is 0.296. The van der Waals surface area contributed by atoms with Gasteiger partial charge in [-0.15, -0.1) is 0 Å². The van der Waals surface area contributed by atoms with Gasteiger partial charge in [-0.25, -0.2) is 4.98 Å². The van der Waals surface area contributed by atoms with E-state index in [1.165, 1.54) is 0 Å². The van der Waals surface area contributed by atoms with E-state index < -0.39 is 6.10 Å². The maximum absolute atomic E-state index is 12.7. The van der Waals surface area contributed by atoms with Crippen LogP contribution in [0, 0.1) is 0 Å². The number of hydrogen-bond donors (Lipinski definition) is 3. The summed E-state index contributed by atoms with van der Waals surface area (Å²) in [6.45, 7) is 1.88. The van der Waals surface area contributed by atoms with E-state index in [1.54, 1.807) is 19.4 Å². The van der Waals surface area contributed by atoms with Crippen LogP contribution in [0.25, 0.3) is 33.4 Å².